The van der Waals surface area contributed by atoms with Crippen LogP contribution in [0.25, 0.3) is 22.2 Å². The van der Waals surface area contributed by atoms with Gasteiger partial charge in [0, 0.05) is 26.2 Å². The molecule has 6 rings (SSSR count). The summed E-state index contributed by atoms with van der Waals surface area (Å²) in [6.07, 6.45) is 0.216. The second-order valence-corrected chi connectivity index (χ2v) is 9.93. The molecular weight excluding hydrogens is 500 g/mol. The van der Waals surface area contributed by atoms with E-state index < -0.39 is 0 Å². The van der Waals surface area contributed by atoms with Crippen molar-refractivity contribution in [1.82, 2.24) is 19.8 Å². The van der Waals surface area contributed by atoms with E-state index in [4.69, 9.17) is 18.3 Å². The van der Waals surface area contributed by atoms with Crippen LogP contribution < -0.4 is 0 Å². The van der Waals surface area contributed by atoms with Crippen molar-refractivity contribution in [1.29, 1.82) is 0 Å². The number of oxazole rings is 2. The fourth-order valence-electron chi connectivity index (χ4n) is 4.62. The van der Waals surface area contributed by atoms with E-state index in [2.05, 4.69) is 9.97 Å². The molecule has 0 spiro atoms. The zero-order valence-corrected chi connectivity index (χ0v) is 22.6. The van der Waals surface area contributed by atoms with Gasteiger partial charge in [-0.1, -0.05) is 12.1 Å². The van der Waals surface area contributed by atoms with Gasteiger partial charge in [0.05, 0.1) is 26.4 Å². The number of ether oxygens (including phenoxy) is 2. The lowest BCUT2D eigenvalue weighted by atomic mass is 10.1. The molecule has 206 valence electrons. The first-order chi connectivity index (χ1) is 18.9. The minimum absolute atomic E-state index is 0.0478. The van der Waals surface area contributed by atoms with Gasteiger partial charge in [0.25, 0.3) is 0 Å². The number of carbonyl (C=O) groups is 2. The highest BCUT2D eigenvalue weighted by atomic mass is 16.5. The Bertz CT molecular complexity index is 1450. The van der Waals surface area contributed by atoms with Crippen LogP contribution in [0.15, 0.2) is 45.2 Å². The summed E-state index contributed by atoms with van der Waals surface area (Å²) in [6.45, 7) is 10.9. The molecule has 2 aromatic heterocycles. The fourth-order valence-corrected chi connectivity index (χ4v) is 4.62. The van der Waals surface area contributed by atoms with Crippen molar-refractivity contribution < 1.29 is 27.9 Å². The van der Waals surface area contributed by atoms with Crippen LogP contribution in [0.5, 0.6) is 0 Å². The molecule has 4 heterocycles. The molecule has 1 unspecified atom stereocenters. The van der Waals surface area contributed by atoms with E-state index in [9.17, 15) is 9.59 Å². The summed E-state index contributed by atoms with van der Waals surface area (Å²) < 4.78 is 21.8. The maximum Gasteiger partial charge on any atom is 0.234 e. The molecule has 0 radical (unpaired) electrons. The number of carbonyl (C=O) groups excluding carboxylic acids is 2. The van der Waals surface area contributed by atoms with Gasteiger partial charge in [-0.3, -0.25) is 9.59 Å². The molecule has 2 fully saturated rings. The van der Waals surface area contributed by atoms with Gasteiger partial charge in [-0.25, -0.2) is 9.97 Å². The number of aryl methyl sites for hydroxylation is 2. The third-order valence-electron chi connectivity index (χ3n) is 6.88. The Labute approximate surface area is 226 Å². The van der Waals surface area contributed by atoms with E-state index in [-0.39, 0.29) is 24.2 Å². The van der Waals surface area contributed by atoms with Crippen molar-refractivity contribution in [2.24, 2.45) is 0 Å². The van der Waals surface area contributed by atoms with Crippen LogP contribution >= 0.6 is 0 Å². The average Bonchev–Trinajstić information content (AvgIpc) is 3.56. The summed E-state index contributed by atoms with van der Waals surface area (Å²) in [5, 5.41) is 0. The lowest BCUT2D eigenvalue weighted by molar-refractivity contribution is -0.137. The van der Waals surface area contributed by atoms with E-state index in [0.717, 1.165) is 33.3 Å². The number of benzene rings is 2. The molecule has 0 N–H and O–H groups in total. The predicted molar refractivity (Wildman–Crippen MR) is 144 cm³/mol. The van der Waals surface area contributed by atoms with Gasteiger partial charge < -0.3 is 28.1 Å². The average molecular weight is 535 g/mol. The molecule has 0 bridgehead atoms. The maximum atomic E-state index is 12.4. The van der Waals surface area contributed by atoms with Crippen molar-refractivity contribution in [3.05, 3.63) is 59.3 Å². The molecule has 0 aliphatic carbocycles. The number of nitrogens with zero attached hydrogens (tertiary/aromatic N) is 4. The SMILES string of the molecule is Cc1ccc2oc(C(C)C(=O)N3CCOCC3)nc2c1.Cc1ccc2oc(CC(=O)N3CCOCC3)nc2c1. The van der Waals surface area contributed by atoms with E-state index in [0.29, 0.717) is 64.4 Å². The Morgan fingerprint density at radius 3 is 1.95 bits per heavy atom. The van der Waals surface area contributed by atoms with Crippen molar-refractivity contribution >= 4 is 34.0 Å². The molecule has 4 aromatic rings. The fraction of sp³-hybridized carbons (Fsp3) is 0.448. The Morgan fingerprint density at radius 1 is 0.795 bits per heavy atom. The number of hydrogen-bond donors (Lipinski definition) is 0. The van der Waals surface area contributed by atoms with Crippen LogP contribution in [-0.4, -0.2) is 84.2 Å². The molecule has 2 aliphatic heterocycles. The summed E-state index contributed by atoms with van der Waals surface area (Å²) in [7, 11) is 0. The summed E-state index contributed by atoms with van der Waals surface area (Å²) in [5.74, 6) is 0.711. The highest BCUT2D eigenvalue weighted by Crippen LogP contribution is 2.24. The molecular formula is C29H34N4O6. The number of amides is 2. The third-order valence-corrected chi connectivity index (χ3v) is 6.88. The van der Waals surface area contributed by atoms with E-state index in [1.165, 1.54) is 0 Å². The Hall–Kier alpha value is -3.76. The Balaban J connectivity index is 0.000000158. The number of fused-ring (bicyclic) bond motifs is 2. The van der Waals surface area contributed by atoms with Gasteiger partial charge in [0.15, 0.2) is 11.2 Å². The van der Waals surface area contributed by atoms with Gasteiger partial charge in [0.1, 0.15) is 23.4 Å². The largest absolute Gasteiger partial charge is 0.440 e. The van der Waals surface area contributed by atoms with Gasteiger partial charge >= 0.3 is 0 Å². The summed E-state index contributed by atoms with van der Waals surface area (Å²) in [6, 6.07) is 11.7. The van der Waals surface area contributed by atoms with E-state index in [1.807, 2.05) is 62.1 Å². The topological polar surface area (TPSA) is 111 Å². The standard InChI is InChI=1S/C15H18N2O3.C14H16N2O3/c1-10-3-4-13-12(9-10)16-14(20-13)11(2)15(18)17-5-7-19-8-6-17;1-10-2-3-12-11(8-10)15-13(19-12)9-14(17)16-4-6-18-7-5-16/h3-4,9,11H,5-8H2,1-2H3;2-3,8H,4-7,9H2,1H3. The highest BCUT2D eigenvalue weighted by Gasteiger charge is 2.27. The van der Waals surface area contributed by atoms with Crippen LogP contribution in [0.1, 0.15) is 35.7 Å². The molecule has 0 saturated carbocycles. The zero-order chi connectivity index (χ0) is 27.4. The number of morpholine rings is 2. The van der Waals surface area contributed by atoms with Gasteiger partial charge in [0.2, 0.25) is 23.6 Å². The summed E-state index contributed by atoms with van der Waals surface area (Å²) >= 11 is 0. The van der Waals surface area contributed by atoms with E-state index >= 15 is 0 Å². The minimum Gasteiger partial charge on any atom is -0.440 e. The lowest BCUT2D eigenvalue weighted by Gasteiger charge is -2.28. The number of rotatable bonds is 4. The van der Waals surface area contributed by atoms with Gasteiger partial charge in [-0.2, -0.15) is 0 Å². The highest BCUT2D eigenvalue weighted by molar-refractivity contribution is 5.83. The quantitative estimate of drug-likeness (QED) is 0.390. The molecule has 2 saturated heterocycles. The maximum absolute atomic E-state index is 12.4. The Morgan fingerprint density at radius 2 is 1.33 bits per heavy atom. The summed E-state index contributed by atoms with van der Waals surface area (Å²) in [4.78, 5) is 36.9. The van der Waals surface area contributed by atoms with Crippen LogP contribution in [0.3, 0.4) is 0 Å². The first-order valence-corrected chi connectivity index (χ1v) is 13.3. The predicted octanol–water partition coefficient (Wildman–Crippen LogP) is 3.64. The second-order valence-electron chi connectivity index (χ2n) is 9.93. The molecule has 1 atom stereocenters. The van der Waals surface area contributed by atoms with Crippen molar-refractivity contribution in [2.75, 3.05) is 52.6 Å². The molecule has 2 aromatic carbocycles. The molecule has 39 heavy (non-hydrogen) atoms. The first kappa shape index (κ1) is 26.8. The second kappa shape index (κ2) is 12.0. The normalized spacial score (nSPS) is 16.7. The van der Waals surface area contributed by atoms with Gasteiger partial charge in [-0.15, -0.1) is 0 Å². The monoisotopic (exact) mass is 534 g/mol. The molecule has 10 nitrogen and oxygen atoms in total. The third kappa shape index (κ3) is 6.46. The Kier molecular flexibility index (Phi) is 8.23. The number of hydrogen-bond acceptors (Lipinski definition) is 8. The van der Waals surface area contributed by atoms with Crippen LogP contribution in [0, 0.1) is 13.8 Å². The van der Waals surface area contributed by atoms with E-state index in [1.54, 1.807) is 4.90 Å². The van der Waals surface area contributed by atoms with Crippen LogP contribution in [0.4, 0.5) is 0 Å². The van der Waals surface area contributed by atoms with Crippen LogP contribution in [-0.2, 0) is 25.5 Å². The first-order valence-electron chi connectivity index (χ1n) is 13.3. The summed E-state index contributed by atoms with van der Waals surface area (Å²) in [5.41, 5.74) is 5.34. The smallest absolute Gasteiger partial charge is 0.234 e. The van der Waals surface area contributed by atoms with Crippen molar-refractivity contribution in [3.8, 4) is 0 Å². The van der Waals surface area contributed by atoms with Gasteiger partial charge in [-0.05, 0) is 56.2 Å². The zero-order valence-electron chi connectivity index (χ0n) is 22.6. The van der Waals surface area contributed by atoms with Crippen LogP contribution in [0.2, 0.25) is 0 Å². The minimum atomic E-state index is -0.360. The van der Waals surface area contributed by atoms with Crippen molar-refractivity contribution in [3.63, 3.8) is 0 Å². The van der Waals surface area contributed by atoms with Crippen molar-refractivity contribution in [2.45, 2.75) is 33.1 Å². The number of aromatic nitrogens is 2. The molecule has 2 amide bonds. The molecule has 10 heteroatoms. The molecule has 2 aliphatic rings. The lowest BCUT2D eigenvalue weighted by Crippen LogP contribution is -2.42.